The first-order valence-electron chi connectivity index (χ1n) is 8.45. The zero-order valence-corrected chi connectivity index (χ0v) is 13.8. The van der Waals surface area contributed by atoms with Crippen LogP contribution in [0.3, 0.4) is 0 Å². The van der Waals surface area contributed by atoms with Crippen LogP contribution in [0.2, 0.25) is 0 Å². The molecular formula is C20H21N3O. The summed E-state index contributed by atoms with van der Waals surface area (Å²) in [5.74, 6) is 0.999. The molecule has 2 aromatic carbocycles. The van der Waals surface area contributed by atoms with Crippen molar-refractivity contribution in [2.75, 3.05) is 0 Å². The van der Waals surface area contributed by atoms with E-state index in [-0.39, 0.29) is 11.3 Å². The quantitative estimate of drug-likeness (QED) is 0.802. The molecule has 1 aromatic heterocycles. The summed E-state index contributed by atoms with van der Waals surface area (Å²) in [7, 11) is 1.99. The normalized spacial score (nSPS) is 15.9. The Morgan fingerprint density at radius 3 is 2.50 bits per heavy atom. The van der Waals surface area contributed by atoms with E-state index in [9.17, 15) is 4.79 Å². The number of aromatic nitrogens is 2. The maximum absolute atomic E-state index is 12.9. The summed E-state index contributed by atoms with van der Waals surface area (Å²) in [4.78, 5) is 17.5. The third kappa shape index (κ3) is 2.30. The van der Waals surface area contributed by atoms with E-state index in [1.54, 1.807) is 0 Å². The molecule has 0 saturated heterocycles. The second kappa shape index (κ2) is 5.78. The number of nitrogens with zero attached hydrogens (tertiary/aromatic N) is 2. The molecule has 0 aliphatic heterocycles. The van der Waals surface area contributed by atoms with Crippen molar-refractivity contribution in [1.82, 2.24) is 14.9 Å². The highest BCUT2D eigenvalue weighted by atomic mass is 16.2. The Morgan fingerprint density at radius 1 is 1.12 bits per heavy atom. The minimum atomic E-state index is -0.355. The van der Waals surface area contributed by atoms with E-state index in [4.69, 9.17) is 0 Å². The summed E-state index contributed by atoms with van der Waals surface area (Å²) < 4.78 is 2.05. The van der Waals surface area contributed by atoms with E-state index in [0.29, 0.717) is 6.54 Å². The summed E-state index contributed by atoms with van der Waals surface area (Å²) in [6.45, 7) is 0.457. The molecule has 1 aliphatic rings. The molecule has 0 unspecified atom stereocenters. The fraction of sp³-hybridized carbons (Fsp3) is 0.300. The lowest BCUT2D eigenvalue weighted by molar-refractivity contribution is -0.130. The van der Waals surface area contributed by atoms with Crippen LogP contribution in [0.25, 0.3) is 11.0 Å². The molecule has 4 heteroatoms. The molecule has 0 atom stereocenters. The van der Waals surface area contributed by atoms with Gasteiger partial charge in [-0.2, -0.15) is 0 Å². The number of carbonyl (C=O) groups is 1. The first-order chi connectivity index (χ1) is 11.7. The maximum atomic E-state index is 12.9. The molecule has 0 bridgehead atoms. The predicted molar refractivity (Wildman–Crippen MR) is 94.5 cm³/mol. The minimum absolute atomic E-state index is 0.118. The highest BCUT2D eigenvalue weighted by Gasteiger charge is 2.45. The van der Waals surface area contributed by atoms with Crippen molar-refractivity contribution in [2.45, 2.75) is 31.2 Å². The largest absolute Gasteiger partial charge is 0.348 e. The molecule has 1 aliphatic carbocycles. The minimum Gasteiger partial charge on any atom is -0.348 e. The van der Waals surface area contributed by atoms with Gasteiger partial charge < -0.3 is 9.88 Å². The number of aryl methyl sites for hydroxylation is 1. The zero-order valence-electron chi connectivity index (χ0n) is 13.8. The predicted octanol–water partition coefficient (Wildman–Crippen LogP) is 3.31. The molecule has 1 N–H and O–H groups in total. The van der Waals surface area contributed by atoms with E-state index in [1.807, 2.05) is 54.1 Å². The number of rotatable bonds is 4. The van der Waals surface area contributed by atoms with Crippen LogP contribution in [0, 0.1) is 0 Å². The van der Waals surface area contributed by atoms with Gasteiger partial charge in [-0.3, -0.25) is 4.79 Å². The van der Waals surface area contributed by atoms with Gasteiger partial charge in [-0.15, -0.1) is 0 Å². The van der Waals surface area contributed by atoms with Gasteiger partial charge in [-0.05, 0) is 30.5 Å². The van der Waals surface area contributed by atoms with Crippen molar-refractivity contribution in [3.05, 3.63) is 66.0 Å². The van der Waals surface area contributed by atoms with Gasteiger partial charge in [0.15, 0.2) is 0 Å². The number of fused-ring (bicyclic) bond motifs is 1. The molecule has 122 valence electrons. The third-order valence-electron chi connectivity index (χ3n) is 5.25. The lowest BCUT2D eigenvalue weighted by atomic mass is 9.64. The lowest BCUT2D eigenvalue weighted by Gasteiger charge is -2.40. The van der Waals surface area contributed by atoms with Crippen molar-refractivity contribution in [3.63, 3.8) is 0 Å². The summed E-state index contributed by atoms with van der Waals surface area (Å²) in [6.07, 6.45) is 2.95. The Bertz CT molecular complexity index is 878. The summed E-state index contributed by atoms with van der Waals surface area (Å²) in [5, 5.41) is 3.12. The van der Waals surface area contributed by atoms with Crippen LogP contribution in [0.5, 0.6) is 0 Å². The number of nitrogens with one attached hydrogen (secondary N) is 1. The number of benzene rings is 2. The van der Waals surface area contributed by atoms with Crippen LogP contribution in [0.15, 0.2) is 54.6 Å². The maximum Gasteiger partial charge on any atom is 0.231 e. The molecular weight excluding hydrogens is 298 g/mol. The van der Waals surface area contributed by atoms with Gasteiger partial charge in [0.05, 0.1) is 23.0 Å². The highest BCUT2D eigenvalue weighted by molar-refractivity contribution is 5.89. The van der Waals surface area contributed by atoms with Gasteiger partial charge in [0.25, 0.3) is 0 Å². The number of hydrogen-bond donors (Lipinski definition) is 1. The van der Waals surface area contributed by atoms with Crippen LogP contribution in [-0.4, -0.2) is 15.5 Å². The number of imidazole rings is 1. The molecule has 0 spiro atoms. The average molecular weight is 319 g/mol. The van der Waals surface area contributed by atoms with Gasteiger partial charge in [-0.1, -0.05) is 48.9 Å². The first-order valence-corrected chi connectivity index (χ1v) is 8.45. The van der Waals surface area contributed by atoms with Gasteiger partial charge >= 0.3 is 0 Å². The van der Waals surface area contributed by atoms with Gasteiger partial charge in [0, 0.05) is 7.05 Å². The molecule has 1 saturated carbocycles. The zero-order chi connectivity index (χ0) is 16.6. The number of amides is 1. The van der Waals surface area contributed by atoms with Gasteiger partial charge in [0.2, 0.25) is 5.91 Å². The van der Waals surface area contributed by atoms with Crippen LogP contribution >= 0.6 is 0 Å². The smallest absolute Gasteiger partial charge is 0.231 e. The lowest BCUT2D eigenvalue weighted by Crippen LogP contribution is -2.49. The van der Waals surface area contributed by atoms with E-state index in [2.05, 4.69) is 22.4 Å². The van der Waals surface area contributed by atoms with Crippen LogP contribution in [-0.2, 0) is 23.8 Å². The van der Waals surface area contributed by atoms with Crippen molar-refractivity contribution >= 4 is 16.9 Å². The fourth-order valence-electron chi connectivity index (χ4n) is 3.62. The number of carbonyl (C=O) groups excluding carboxylic acids is 1. The SMILES string of the molecule is Cn1c(CNC(=O)C2(c3ccccc3)CCC2)nc2ccccc21. The topological polar surface area (TPSA) is 46.9 Å². The van der Waals surface area contributed by atoms with E-state index in [1.165, 1.54) is 0 Å². The Hall–Kier alpha value is -2.62. The fourth-order valence-corrected chi connectivity index (χ4v) is 3.62. The molecule has 1 heterocycles. The molecule has 4 rings (SSSR count). The van der Waals surface area contributed by atoms with Crippen molar-refractivity contribution in [2.24, 2.45) is 7.05 Å². The molecule has 1 amide bonds. The molecule has 0 radical (unpaired) electrons. The summed E-state index contributed by atoms with van der Waals surface area (Å²) >= 11 is 0. The Morgan fingerprint density at radius 2 is 1.83 bits per heavy atom. The Labute approximate surface area is 141 Å². The highest BCUT2D eigenvalue weighted by Crippen LogP contribution is 2.43. The second-order valence-corrected chi connectivity index (χ2v) is 6.56. The monoisotopic (exact) mass is 319 g/mol. The van der Waals surface area contributed by atoms with Crippen molar-refractivity contribution in [3.8, 4) is 0 Å². The van der Waals surface area contributed by atoms with Crippen LogP contribution < -0.4 is 5.32 Å². The third-order valence-corrected chi connectivity index (χ3v) is 5.25. The average Bonchev–Trinajstić information content (AvgIpc) is 2.90. The number of hydrogen-bond acceptors (Lipinski definition) is 2. The van der Waals surface area contributed by atoms with Crippen LogP contribution in [0.4, 0.5) is 0 Å². The van der Waals surface area contributed by atoms with Crippen LogP contribution in [0.1, 0.15) is 30.7 Å². The van der Waals surface area contributed by atoms with E-state index >= 15 is 0 Å². The summed E-state index contributed by atoms with van der Waals surface area (Å²) in [6, 6.07) is 18.2. The molecule has 24 heavy (non-hydrogen) atoms. The number of para-hydroxylation sites is 2. The van der Waals surface area contributed by atoms with Crippen molar-refractivity contribution in [1.29, 1.82) is 0 Å². The molecule has 1 fully saturated rings. The van der Waals surface area contributed by atoms with E-state index in [0.717, 1.165) is 41.7 Å². The second-order valence-electron chi connectivity index (χ2n) is 6.56. The van der Waals surface area contributed by atoms with E-state index < -0.39 is 0 Å². The Balaban J connectivity index is 1.54. The van der Waals surface area contributed by atoms with Gasteiger partial charge in [0.1, 0.15) is 5.82 Å². The van der Waals surface area contributed by atoms with Gasteiger partial charge in [-0.25, -0.2) is 4.98 Å². The standard InChI is InChI=1S/C20H21N3O/c1-23-17-11-6-5-10-16(17)22-18(23)14-21-19(24)20(12-7-13-20)15-8-3-2-4-9-15/h2-6,8-11H,7,12-14H2,1H3,(H,21,24). The Kier molecular flexibility index (Phi) is 3.60. The molecule has 4 nitrogen and oxygen atoms in total. The summed E-state index contributed by atoms with van der Waals surface area (Å²) in [5.41, 5.74) is 2.82. The molecule has 3 aromatic rings. The first kappa shape index (κ1) is 14.9. The van der Waals surface area contributed by atoms with Crippen molar-refractivity contribution < 1.29 is 4.79 Å².